The molecule has 0 saturated carbocycles. The Hall–Kier alpha value is -8.61. The van der Waals surface area contributed by atoms with Crippen molar-refractivity contribution in [3.63, 3.8) is 0 Å². The summed E-state index contributed by atoms with van der Waals surface area (Å²) in [6.07, 6.45) is 0. The van der Waals surface area contributed by atoms with Gasteiger partial charge in [-0.1, -0.05) is 218 Å². The van der Waals surface area contributed by atoms with Crippen LogP contribution in [-0.2, 0) is 0 Å². The van der Waals surface area contributed by atoms with E-state index in [9.17, 15) is 0 Å². The Kier molecular flexibility index (Phi) is 8.71. The summed E-state index contributed by atoms with van der Waals surface area (Å²) < 4.78 is 2.23. The minimum atomic E-state index is 0.622. The fourth-order valence-electron chi connectivity index (χ4n) is 8.82. The predicted molar refractivity (Wildman–Crippen MR) is 257 cm³/mol. The molecule has 3 heterocycles. The number of aromatic nitrogens is 6. The van der Waals surface area contributed by atoms with Crippen molar-refractivity contribution in [2.45, 2.75) is 0 Å². The molecule has 0 N–H and O–H groups in total. The lowest BCUT2D eigenvalue weighted by Gasteiger charge is -2.13. The Labute approximate surface area is 363 Å². The first kappa shape index (κ1) is 36.3. The van der Waals surface area contributed by atoms with Gasteiger partial charge in [-0.2, -0.15) is 0 Å². The van der Waals surface area contributed by atoms with Crippen LogP contribution in [0.1, 0.15) is 0 Å². The highest BCUT2D eigenvalue weighted by atomic mass is 15.1. The zero-order valence-corrected chi connectivity index (χ0v) is 34.0. The normalized spacial score (nSPS) is 11.5. The number of rotatable bonds is 7. The van der Waals surface area contributed by atoms with Crippen molar-refractivity contribution in [1.29, 1.82) is 0 Å². The van der Waals surface area contributed by atoms with Crippen molar-refractivity contribution in [2.24, 2.45) is 0 Å². The monoisotopic (exact) mass is 804 g/mol. The summed E-state index contributed by atoms with van der Waals surface area (Å²) in [5.41, 5.74) is 10.0. The second-order valence-electron chi connectivity index (χ2n) is 15.7. The summed E-state index contributed by atoms with van der Waals surface area (Å²) in [7, 11) is 0. The van der Waals surface area contributed by atoms with Crippen molar-refractivity contribution in [3.05, 3.63) is 218 Å². The maximum absolute atomic E-state index is 5.23. The van der Waals surface area contributed by atoms with Crippen LogP contribution in [0.25, 0.3) is 117 Å². The smallest absolute Gasteiger partial charge is 0.164 e. The third kappa shape index (κ3) is 6.40. The van der Waals surface area contributed by atoms with Gasteiger partial charge in [-0.3, -0.25) is 4.40 Å². The average Bonchev–Trinajstić information content (AvgIpc) is 3.70. The van der Waals surface area contributed by atoms with Crippen LogP contribution in [-0.4, -0.2) is 29.3 Å². The second-order valence-corrected chi connectivity index (χ2v) is 15.7. The molecule has 12 aromatic rings. The maximum Gasteiger partial charge on any atom is 0.164 e. The van der Waals surface area contributed by atoms with E-state index in [0.717, 1.165) is 94.0 Å². The van der Waals surface area contributed by atoms with Gasteiger partial charge in [0.25, 0.3) is 0 Å². The van der Waals surface area contributed by atoms with E-state index in [1.54, 1.807) is 0 Å². The fourth-order valence-corrected chi connectivity index (χ4v) is 8.82. The third-order valence-corrected chi connectivity index (χ3v) is 11.9. The second kappa shape index (κ2) is 15.1. The molecule has 63 heavy (non-hydrogen) atoms. The van der Waals surface area contributed by atoms with Crippen molar-refractivity contribution in [2.75, 3.05) is 0 Å². The van der Waals surface area contributed by atoms with Gasteiger partial charge in [0.05, 0.1) is 5.69 Å². The quantitative estimate of drug-likeness (QED) is 0.160. The van der Waals surface area contributed by atoms with Crippen LogP contribution >= 0.6 is 0 Å². The molecule has 0 fully saturated rings. The summed E-state index contributed by atoms with van der Waals surface area (Å²) in [4.78, 5) is 25.9. The highest BCUT2D eigenvalue weighted by Gasteiger charge is 2.21. The van der Waals surface area contributed by atoms with Crippen molar-refractivity contribution in [3.8, 4) is 79.3 Å². The lowest BCUT2D eigenvalue weighted by molar-refractivity contribution is 1.05. The average molecular weight is 805 g/mol. The summed E-state index contributed by atoms with van der Waals surface area (Å²) in [5, 5.41) is 6.67. The maximum atomic E-state index is 5.23. The first-order chi connectivity index (χ1) is 31.2. The van der Waals surface area contributed by atoms with Gasteiger partial charge in [0, 0.05) is 38.6 Å². The van der Waals surface area contributed by atoms with Crippen LogP contribution in [0.15, 0.2) is 218 Å². The summed E-state index contributed by atoms with van der Waals surface area (Å²) >= 11 is 0. The molecule has 0 spiro atoms. The Bertz CT molecular complexity index is 3550. The summed E-state index contributed by atoms with van der Waals surface area (Å²) in [6.45, 7) is 0. The molecule has 9 aromatic carbocycles. The molecule has 0 radical (unpaired) electrons. The molecular weight excluding hydrogens is 769 g/mol. The molecule has 0 unspecified atom stereocenters. The van der Waals surface area contributed by atoms with Gasteiger partial charge in [-0.25, -0.2) is 24.9 Å². The molecule has 294 valence electrons. The molecule has 0 bridgehead atoms. The van der Waals surface area contributed by atoms with E-state index in [4.69, 9.17) is 24.9 Å². The van der Waals surface area contributed by atoms with Crippen LogP contribution < -0.4 is 0 Å². The lowest BCUT2D eigenvalue weighted by atomic mass is 10.00. The van der Waals surface area contributed by atoms with Crippen molar-refractivity contribution in [1.82, 2.24) is 29.3 Å². The standard InChI is InChI=1S/C57H36N6/c1-3-17-42(18-4-1)53-61-56(44-19-5-2-6-20-44)63-51(47-25-11-12-26-50(47)57(63)62-53)41-33-29-37(30-34-41)38-31-35-43(36-32-38)52-58-54(48-27-13-21-39-15-7-9-23-45(39)48)60-55(59-52)49-28-14-22-40-16-8-10-24-46(40)49/h1-36H. The molecule has 0 saturated heterocycles. The zero-order chi connectivity index (χ0) is 41.7. The van der Waals surface area contributed by atoms with E-state index in [1.807, 2.05) is 24.3 Å². The van der Waals surface area contributed by atoms with Crippen molar-refractivity contribution >= 4 is 38.0 Å². The van der Waals surface area contributed by atoms with E-state index in [0.29, 0.717) is 23.3 Å². The summed E-state index contributed by atoms with van der Waals surface area (Å²) in [5.74, 6) is 3.44. The van der Waals surface area contributed by atoms with Crippen LogP contribution in [0.4, 0.5) is 0 Å². The molecule has 0 amide bonds. The summed E-state index contributed by atoms with van der Waals surface area (Å²) in [6, 6.07) is 75.7. The van der Waals surface area contributed by atoms with E-state index in [2.05, 4.69) is 199 Å². The van der Waals surface area contributed by atoms with Gasteiger partial charge in [0.15, 0.2) is 23.3 Å². The van der Waals surface area contributed by atoms with E-state index in [1.165, 1.54) is 0 Å². The Morgan fingerprint density at radius 1 is 0.254 bits per heavy atom. The fraction of sp³-hybridized carbons (Fsp3) is 0. The minimum Gasteiger partial charge on any atom is -0.277 e. The highest BCUT2D eigenvalue weighted by molar-refractivity contribution is 6.06. The molecule has 12 rings (SSSR count). The number of fused-ring (bicyclic) bond motifs is 5. The number of benzene rings is 9. The predicted octanol–water partition coefficient (Wildman–Crippen LogP) is 14.0. The molecule has 3 aromatic heterocycles. The SMILES string of the molecule is c1ccc(-c2nc(-c3ccccc3)n3c(-c4ccc(-c5ccc(-c6nc(-c7cccc8ccccc78)nc(-c7cccc8ccccc78)n6)cc5)cc4)c4ccccc4c3n2)cc1. The molecule has 6 nitrogen and oxygen atoms in total. The van der Waals surface area contributed by atoms with Crippen LogP contribution in [0.3, 0.4) is 0 Å². The zero-order valence-electron chi connectivity index (χ0n) is 34.0. The van der Waals surface area contributed by atoms with Gasteiger partial charge in [0.1, 0.15) is 11.5 Å². The van der Waals surface area contributed by atoms with Crippen LogP contribution in [0, 0.1) is 0 Å². The van der Waals surface area contributed by atoms with Crippen LogP contribution in [0.5, 0.6) is 0 Å². The first-order valence-electron chi connectivity index (χ1n) is 21.1. The topological polar surface area (TPSA) is 68.9 Å². The number of nitrogens with zero attached hydrogens (tertiary/aromatic N) is 6. The highest BCUT2D eigenvalue weighted by Crippen LogP contribution is 2.39. The van der Waals surface area contributed by atoms with Gasteiger partial charge >= 0.3 is 0 Å². The molecule has 0 aliphatic rings. The van der Waals surface area contributed by atoms with Gasteiger partial charge in [-0.05, 0) is 38.2 Å². The van der Waals surface area contributed by atoms with Crippen LogP contribution in [0.2, 0.25) is 0 Å². The molecule has 6 heteroatoms. The van der Waals surface area contributed by atoms with Gasteiger partial charge < -0.3 is 0 Å². The first-order valence-corrected chi connectivity index (χ1v) is 21.1. The largest absolute Gasteiger partial charge is 0.277 e. The molecule has 0 aliphatic heterocycles. The van der Waals surface area contributed by atoms with E-state index >= 15 is 0 Å². The Morgan fingerprint density at radius 3 is 1.25 bits per heavy atom. The third-order valence-electron chi connectivity index (χ3n) is 11.9. The number of hydrogen-bond acceptors (Lipinski definition) is 5. The van der Waals surface area contributed by atoms with Gasteiger partial charge in [-0.15, -0.1) is 0 Å². The number of hydrogen-bond donors (Lipinski definition) is 0. The molecular formula is C57H36N6. The van der Waals surface area contributed by atoms with E-state index < -0.39 is 0 Å². The van der Waals surface area contributed by atoms with E-state index in [-0.39, 0.29) is 0 Å². The molecule has 0 aliphatic carbocycles. The minimum absolute atomic E-state index is 0.622. The molecule has 0 atom stereocenters. The Balaban J connectivity index is 0.950. The van der Waals surface area contributed by atoms with Gasteiger partial charge in [0.2, 0.25) is 0 Å². The Morgan fingerprint density at radius 2 is 0.667 bits per heavy atom. The lowest BCUT2D eigenvalue weighted by Crippen LogP contribution is -2.03. The van der Waals surface area contributed by atoms with Crippen molar-refractivity contribution < 1.29 is 0 Å².